The zero-order valence-electron chi connectivity index (χ0n) is 22.6. The maximum atomic E-state index is 15.2. The van der Waals surface area contributed by atoms with Gasteiger partial charge in [0.15, 0.2) is 0 Å². The van der Waals surface area contributed by atoms with Crippen molar-refractivity contribution in [1.29, 1.82) is 0 Å². The number of amides is 3. The molecule has 3 heterocycles. The van der Waals surface area contributed by atoms with Gasteiger partial charge in [0.25, 0.3) is 5.54 Å². The van der Waals surface area contributed by atoms with Crippen molar-refractivity contribution in [2.75, 3.05) is 38.2 Å². The molecule has 3 aliphatic rings. The SMILES string of the molecule is [C-]#[N+]C1(c2ccc(-c3ccc(N4C[C@H](CNC(=O)OC)OC4=O)cc3F)cn2)[C@@H]2CN(C(=O)OC(C)(C)C)C[C@@H]21. The van der Waals surface area contributed by atoms with Crippen LogP contribution in [0.4, 0.5) is 24.5 Å². The average Bonchev–Trinajstić information content (AvgIpc) is 3.19. The van der Waals surface area contributed by atoms with E-state index in [9.17, 15) is 14.4 Å². The Balaban J connectivity index is 1.25. The molecule has 3 fully saturated rings. The number of cyclic esters (lactones) is 1. The molecule has 1 aliphatic carbocycles. The van der Waals surface area contributed by atoms with Crippen LogP contribution in [0.15, 0.2) is 36.5 Å². The molecule has 1 saturated carbocycles. The van der Waals surface area contributed by atoms with Gasteiger partial charge in [-0.15, -0.1) is 0 Å². The molecule has 2 aliphatic heterocycles. The van der Waals surface area contributed by atoms with Crippen molar-refractivity contribution in [2.45, 2.75) is 38.0 Å². The summed E-state index contributed by atoms with van der Waals surface area (Å²) in [5.41, 5.74) is 0.364. The topological polar surface area (TPSA) is 115 Å². The Bertz CT molecular complexity index is 1370. The van der Waals surface area contributed by atoms with Crippen molar-refractivity contribution < 1.29 is 33.0 Å². The summed E-state index contributed by atoms with van der Waals surface area (Å²) >= 11 is 0. The normalized spacial score (nSPS) is 25.1. The van der Waals surface area contributed by atoms with Gasteiger partial charge in [-0.05, 0) is 45.0 Å². The van der Waals surface area contributed by atoms with E-state index < -0.39 is 35.2 Å². The summed E-state index contributed by atoms with van der Waals surface area (Å²) in [5, 5.41) is 2.47. The predicted octanol–water partition coefficient (Wildman–Crippen LogP) is 4.18. The van der Waals surface area contributed by atoms with Gasteiger partial charge in [-0.1, -0.05) is 6.07 Å². The molecule has 2 saturated heterocycles. The lowest BCUT2D eigenvalue weighted by molar-refractivity contribution is 0.0264. The van der Waals surface area contributed by atoms with Crippen molar-refractivity contribution >= 4 is 24.0 Å². The molecule has 40 heavy (non-hydrogen) atoms. The van der Waals surface area contributed by atoms with E-state index in [2.05, 4.69) is 19.9 Å². The first-order chi connectivity index (χ1) is 19.0. The fourth-order valence-electron chi connectivity index (χ4n) is 5.49. The summed E-state index contributed by atoms with van der Waals surface area (Å²) in [6, 6.07) is 7.89. The number of hydrogen-bond donors (Lipinski definition) is 1. The molecule has 0 bridgehead atoms. The average molecular weight is 552 g/mol. The van der Waals surface area contributed by atoms with Crippen LogP contribution >= 0.6 is 0 Å². The number of aromatic nitrogens is 1. The number of nitrogens with zero attached hydrogens (tertiary/aromatic N) is 4. The van der Waals surface area contributed by atoms with Crippen LogP contribution in [0, 0.1) is 24.2 Å². The first-order valence-electron chi connectivity index (χ1n) is 12.9. The Labute approximate surface area is 231 Å². The number of ether oxygens (including phenoxy) is 3. The number of carbonyl (C=O) groups is 3. The molecular formula is C28H30FN5O6. The van der Waals surface area contributed by atoms with E-state index >= 15 is 4.39 Å². The van der Waals surface area contributed by atoms with Gasteiger partial charge < -0.3 is 29.3 Å². The van der Waals surface area contributed by atoms with Gasteiger partial charge in [0.1, 0.15) is 23.2 Å². The smallest absolute Gasteiger partial charge is 0.414 e. The molecule has 3 amide bonds. The van der Waals surface area contributed by atoms with E-state index in [-0.39, 0.29) is 31.0 Å². The van der Waals surface area contributed by atoms with E-state index in [0.717, 1.165) is 0 Å². The van der Waals surface area contributed by atoms with Crippen molar-refractivity contribution in [3.8, 4) is 11.1 Å². The molecule has 2 aromatic rings. The molecule has 1 N–H and O–H groups in total. The number of piperidine rings is 1. The molecule has 12 heteroatoms. The Kier molecular flexibility index (Phi) is 6.77. The van der Waals surface area contributed by atoms with Crippen LogP contribution < -0.4 is 10.2 Å². The largest absolute Gasteiger partial charge is 0.453 e. The Morgan fingerprint density at radius 3 is 2.52 bits per heavy atom. The van der Waals surface area contributed by atoms with Gasteiger partial charge in [0.2, 0.25) is 0 Å². The first kappa shape index (κ1) is 27.2. The maximum Gasteiger partial charge on any atom is 0.414 e. The Hall–Kier alpha value is -4.40. The first-order valence-corrected chi connectivity index (χ1v) is 12.9. The Morgan fingerprint density at radius 1 is 1.23 bits per heavy atom. The van der Waals surface area contributed by atoms with Crippen LogP contribution in [-0.4, -0.2) is 73.2 Å². The van der Waals surface area contributed by atoms with Crippen molar-refractivity contribution in [3.05, 3.63) is 59.5 Å². The number of fused-ring (bicyclic) bond motifs is 1. The Morgan fingerprint density at radius 2 is 1.95 bits per heavy atom. The number of benzene rings is 1. The van der Waals surface area contributed by atoms with Crippen LogP contribution in [0.5, 0.6) is 0 Å². The van der Waals surface area contributed by atoms with Crippen molar-refractivity contribution in [1.82, 2.24) is 15.2 Å². The number of nitrogens with one attached hydrogen (secondary N) is 1. The minimum atomic E-state index is -0.797. The van der Waals surface area contributed by atoms with Gasteiger partial charge in [0.05, 0.1) is 37.7 Å². The fraction of sp³-hybridized carbons (Fsp3) is 0.464. The third-order valence-electron chi connectivity index (χ3n) is 7.46. The lowest BCUT2D eigenvalue weighted by atomic mass is 10.0. The molecule has 4 atom stereocenters. The summed E-state index contributed by atoms with van der Waals surface area (Å²) in [4.78, 5) is 47.4. The monoisotopic (exact) mass is 551 g/mol. The lowest BCUT2D eigenvalue weighted by Crippen LogP contribution is -2.38. The standard InChI is InChI=1S/C28H30FN5O6/c1-27(2,3)40-25(36)33-14-20-21(15-33)28(20,30-4)23-9-6-16(11-31-23)19-8-7-17(10-22(19)29)34-13-18(39-26(34)37)12-32-24(35)38-5/h6-11,18,20-21H,12-15H2,1-3,5H3,(H,32,35)/t18-,20-,21+,28?/m0/s1. The van der Waals surface area contributed by atoms with E-state index in [1.807, 2.05) is 20.8 Å². The number of anilines is 1. The molecule has 0 radical (unpaired) electrons. The molecule has 1 aromatic heterocycles. The highest BCUT2D eigenvalue weighted by Gasteiger charge is 2.78. The maximum absolute atomic E-state index is 15.2. The number of rotatable bonds is 5. The number of halogens is 1. The molecule has 1 aromatic carbocycles. The number of carbonyl (C=O) groups excluding carboxylic acids is 3. The summed E-state index contributed by atoms with van der Waals surface area (Å²) in [6.45, 7) is 14.4. The molecule has 5 rings (SSSR count). The second-order valence-electron chi connectivity index (χ2n) is 11.1. The van der Waals surface area contributed by atoms with Gasteiger partial charge in [-0.3, -0.25) is 9.88 Å². The predicted molar refractivity (Wildman–Crippen MR) is 141 cm³/mol. The molecule has 210 valence electrons. The summed E-state index contributed by atoms with van der Waals surface area (Å²) in [6.07, 6.45) is -0.715. The lowest BCUT2D eigenvalue weighted by Gasteiger charge is -2.26. The van der Waals surface area contributed by atoms with E-state index in [1.54, 1.807) is 35.4 Å². The molecule has 0 spiro atoms. The number of hydrogen-bond acceptors (Lipinski definition) is 7. The second kappa shape index (κ2) is 9.97. The number of methoxy groups -OCH3 is 1. The van der Waals surface area contributed by atoms with Crippen LogP contribution in [0.2, 0.25) is 0 Å². The van der Waals surface area contributed by atoms with Crippen molar-refractivity contribution in [3.63, 3.8) is 0 Å². The zero-order chi connectivity index (χ0) is 28.8. The van der Waals surface area contributed by atoms with Crippen LogP contribution in [0.25, 0.3) is 16.0 Å². The van der Waals surface area contributed by atoms with Crippen LogP contribution in [-0.2, 0) is 19.7 Å². The van der Waals surface area contributed by atoms with Crippen molar-refractivity contribution in [2.24, 2.45) is 11.8 Å². The number of pyridine rings is 1. The van der Waals surface area contributed by atoms with E-state index in [0.29, 0.717) is 35.6 Å². The third-order valence-corrected chi connectivity index (χ3v) is 7.46. The van der Waals surface area contributed by atoms with Crippen LogP contribution in [0.1, 0.15) is 26.5 Å². The quantitative estimate of drug-likeness (QED) is 0.438. The second-order valence-corrected chi connectivity index (χ2v) is 11.1. The van der Waals surface area contributed by atoms with Crippen LogP contribution in [0.3, 0.4) is 0 Å². The molecular weight excluding hydrogens is 521 g/mol. The summed E-state index contributed by atoms with van der Waals surface area (Å²) in [7, 11) is 1.23. The third kappa shape index (κ3) is 4.87. The zero-order valence-corrected chi connectivity index (χ0v) is 22.6. The van der Waals surface area contributed by atoms with Gasteiger partial charge in [-0.2, -0.15) is 0 Å². The number of alkyl carbamates (subject to hydrolysis) is 1. The molecule has 1 unspecified atom stereocenters. The minimum Gasteiger partial charge on any atom is -0.453 e. The highest BCUT2D eigenvalue weighted by atomic mass is 19.1. The van der Waals surface area contributed by atoms with Gasteiger partial charge >= 0.3 is 18.3 Å². The van der Waals surface area contributed by atoms with E-state index in [4.69, 9.17) is 16.0 Å². The van der Waals surface area contributed by atoms with Gasteiger partial charge in [0, 0.05) is 30.4 Å². The fourth-order valence-corrected chi connectivity index (χ4v) is 5.49. The minimum absolute atomic E-state index is 0.0289. The highest BCUT2D eigenvalue weighted by molar-refractivity contribution is 5.90. The molecule has 11 nitrogen and oxygen atoms in total. The van der Waals surface area contributed by atoms with Gasteiger partial charge in [-0.25, -0.2) is 25.3 Å². The highest BCUT2D eigenvalue weighted by Crippen LogP contribution is 2.64. The summed E-state index contributed by atoms with van der Waals surface area (Å²) < 4.78 is 30.4. The van der Waals surface area contributed by atoms with E-state index in [1.165, 1.54) is 18.1 Å². The summed E-state index contributed by atoms with van der Waals surface area (Å²) in [5.74, 6) is -0.607. The number of likely N-dealkylation sites (tertiary alicyclic amines) is 1.